The number of anilines is 1. The number of nitrogens with two attached hydrogens (primary N) is 1. The minimum absolute atomic E-state index is 0.442. The zero-order valence-corrected chi connectivity index (χ0v) is 10.7. The van der Waals surface area contributed by atoms with Crippen LogP contribution in [0.3, 0.4) is 0 Å². The third kappa shape index (κ3) is 3.30. The zero-order valence-electron chi connectivity index (χ0n) is 9.12. The molecule has 0 aromatic heterocycles. The molecule has 0 bridgehead atoms. The SMILES string of the molecule is Nc1ccc(CSCC2CCCO2)c(Cl)c1. The van der Waals surface area contributed by atoms with Crippen molar-refractivity contribution in [2.24, 2.45) is 0 Å². The quantitative estimate of drug-likeness (QED) is 0.841. The Bertz CT molecular complexity index is 353. The molecule has 1 fully saturated rings. The van der Waals surface area contributed by atoms with E-state index in [1.165, 1.54) is 12.8 Å². The van der Waals surface area contributed by atoms with Crippen LogP contribution >= 0.6 is 23.4 Å². The van der Waals surface area contributed by atoms with Crippen LogP contribution < -0.4 is 5.73 Å². The Labute approximate surface area is 105 Å². The fourth-order valence-electron chi connectivity index (χ4n) is 1.76. The number of halogens is 1. The highest BCUT2D eigenvalue weighted by molar-refractivity contribution is 7.98. The van der Waals surface area contributed by atoms with E-state index in [1.807, 2.05) is 30.0 Å². The summed E-state index contributed by atoms with van der Waals surface area (Å²) in [6, 6.07) is 5.71. The van der Waals surface area contributed by atoms with Gasteiger partial charge in [0.15, 0.2) is 0 Å². The van der Waals surface area contributed by atoms with Crippen LogP contribution in [-0.2, 0) is 10.5 Å². The molecule has 1 aliphatic rings. The average Bonchev–Trinajstić information content (AvgIpc) is 2.74. The Morgan fingerprint density at radius 1 is 1.50 bits per heavy atom. The van der Waals surface area contributed by atoms with Gasteiger partial charge >= 0.3 is 0 Å². The largest absolute Gasteiger partial charge is 0.399 e. The standard InChI is InChI=1S/C12H16ClNOS/c13-12-6-10(14)4-3-9(12)7-16-8-11-2-1-5-15-11/h3-4,6,11H,1-2,5,7-8,14H2. The summed E-state index contributed by atoms with van der Waals surface area (Å²) in [6.45, 7) is 0.924. The fourth-order valence-corrected chi connectivity index (χ4v) is 3.21. The molecule has 2 nitrogen and oxygen atoms in total. The highest BCUT2D eigenvalue weighted by Gasteiger charge is 2.15. The molecule has 2 N–H and O–H groups in total. The topological polar surface area (TPSA) is 35.2 Å². The summed E-state index contributed by atoms with van der Waals surface area (Å²) >= 11 is 7.97. The molecule has 4 heteroatoms. The number of benzene rings is 1. The molecule has 1 aliphatic heterocycles. The summed E-state index contributed by atoms with van der Waals surface area (Å²) < 4.78 is 5.57. The number of rotatable bonds is 4. The van der Waals surface area contributed by atoms with E-state index in [4.69, 9.17) is 22.1 Å². The Kier molecular flexibility index (Phi) is 4.38. The van der Waals surface area contributed by atoms with Gasteiger partial charge in [0.05, 0.1) is 6.10 Å². The molecule has 0 spiro atoms. The van der Waals surface area contributed by atoms with Gasteiger partial charge in [-0.25, -0.2) is 0 Å². The minimum Gasteiger partial charge on any atom is -0.399 e. The van der Waals surface area contributed by atoms with Crippen molar-refractivity contribution in [1.82, 2.24) is 0 Å². The minimum atomic E-state index is 0.442. The highest BCUT2D eigenvalue weighted by atomic mass is 35.5. The normalized spacial score (nSPS) is 20.2. The van der Waals surface area contributed by atoms with Gasteiger partial charge in [0, 0.05) is 28.8 Å². The van der Waals surface area contributed by atoms with E-state index in [-0.39, 0.29) is 0 Å². The average molecular weight is 258 g/mol. The Morgan fingerprint density at radius 3 is 3.06 bits per heavy atom. The maximum absolute atomic E-state index is 6.10. The van der Waals surface area contributed by atoms with E-state index < -0.39 is 0 Å². The number of nitrogen functional groups attached to an aromatic ring is 1. The van der Waals surface area contributed by atoms with E-state index in [1.54, 1.807) is 0 Å². The maximum Gasteiger partial charge on any atom is 0.0666 e. The molecule has 1 aromatic rings. The molecule has 88 valence electrons. The van der Waals surface area contributed by atoms with Gasteiger partial charge in [-0.2, -0.15) is 11.8 Å². The molecule has 1 unspecified atom stereocenters. The van der Waals surface area contributed by atoms with Crippen LogP contribution in [0.15, 0.2) is 18.2 Å². The van der Waals surface area contributed by atoms with E-state index in [0.29, 0.717) is 6.10 Å². The first-order valence-electron chi connectivity index (χ1n) is 5.49. The summed E-state index contributed by atoms with van der Waals surface area (Å²) in [4.78, 5) is 0. The molecule has 1 atom stereocenters. The van der Waals surface area contributed by atoms with Crippen LogP contribution in [0.4, 0.5) is 5.69 Å². The van der Waals surface area contributed by atoms with Gasteiger partial charge in [0.2, 0.25) is 0 Å². The molecule has 0 aliphatic carbocycles. The van der Waals surface area contributed by atoms with Crippen molar-refractivity contribution in [3.63, 3.8) is 0 Å². The van der Waals surface area contributed by atoms with Crippen LogP contribution in [0.1, 0.15) is 18.4 Å². The lowest BCUT2D eigenvalue weighted by Crippen LogP contribution is -2.08. The summed E-state index contributed by atoms with van der Waals surface area (Å²) in [5.74, 6) is 1.99. The Hall–Kier alpha value is -0.380. The van der Waals surface area contributed by atoms with Crippen LogP contribution in [-0.4, -0.2) is 18.5 Å². The first kappa shape index (κ1) is 12.1. The third-order valence-electron chi connectivity index (χ3n) is 2.66. The van der Waals surface area contributed by atoms with Gasteiger partial charge in [0.25, 0.3) is 0 Å². The van der Waals surface area contributed by atoms with E-state index >= 15 is 0 Å². The lowest BCUT2D eigenvalue weighted by Gasteiger charge is -2.09. The van der Waals surface area contributed by atoms with Gasteiger partial charge in [-0.15, -0.1) is 0 Å². The maximum atomic E-state index is 6.10. The Morgan fingerprint density at radius 2 is 2.38 bits per heavy atom. The molecule has 1 heterocycles. The second kappa shape index (κ2) is 5.80. The van der Waals surface area contributed by atoms with Crippen molar-refractivity contribution in [3.05, 3.63) is 28.8 Å². The second-order valence-electron chi connectivity index (χ2n) is 4.00. The van der Waals surface area contributed by atoms with Gasteiger partial charge < -0.3 is 10.5 Å². The van der Waals surface area contributed by atoms with Crippen molar-refractivity contribution in [1.29, 1.82) is 0 Å². The molecule has 16 heavy (non-hydrogen) atoms. The predicted molar refractivity (Wildman–Crippen MR) is 71.0 cm³/mol. The predicted octanol–water partition coefficient (Wildman–Crippen LogP) is 3.33. The molecule has 0 saturated carbocycles. The van der Waals surface area contributed by atoms with Gasteiger partial charge in [-0.05, 0) is 30.5 Å². The lowest BCUT2D eigenvalue weighted by molar-refractivity contribution is 0.129. The van der Waals surface area contributed by atoms with Crippen molar-refractivity contribution in [3.8, 4) is 0 Å². The van der Waals surface area contributed by atoms with Crippen LogP contribution in [0.2, 0.25) is 5.02 Å². The highest BCUT2D eigenvalue weighted by Crippen LogP contribution is 2.25. The van der Waals surface area contributed by atoms with Gasteiger partial charge in [-0.3, -0.25) is 0 Å². The van der Waals surface area contributed by atoms with Gasteiger partial charge in [-0.1, -0.05) is 17.7 Å². The number of hydrogen-bond acceptors (Lipinski definition) is 3. The lowest BCUT2D eigenvalue weighted by atomic mass is 10.2. The monoisotopic (exact) mass is 257 g/mol. The van der Waals surface area contributed by atoms with E-state index in [9.17, 15) is 0 Å². The molecular weight excluding hydrogens is 242 g/mol. The van der Waals surface area contributed by atoms with Crippen molar-refractivity contribution in [2.45, 2.75) is 24.7 Å². The third-order valence-corrected chi connectivity index (χ3v) is 4.14. The van der Waals surface area contributed by atoms with E-state index in [2.05, 4.69) is 0 Å². The number of thioether (sulfide) groups is 1. The van der Waals surface area contributed by atoms with Crippen molar-refractivity contribution < 1.29 is 4.74 Å². The first-order chi connectivity index (χ1) is 7.75. The molecule has 1 aromatic carbocycles. The van der Waals surface area contributed by atoms with Crippen LogP contribution in [0.25, 0.3) is 0 Å². The first-order valence-corrected chi connectivity index (χ1v) is 7.02. The van der Waals surface area contributed by atoms with Crippen LogP contribution in [0, 0.1) is 0 Å². The molecule has 1 saturated heterocycles. The number of hydrogen-bond donors (Lipinski definition) is 1. The Balaban J connectivity index is 1.80. The second-order valence-corrected chi connectivity index (χ2v) is 5.44. The summed E-state index contributed by atoms with van der Waals surface area (Å²) in [5, 5.41) is 0.764. The molecule has 0 radical (unpaired) electrons. The van der Waals surface area contributed by atoms with Crippen LogP contribution in [0.5, 0.6) is 0 Å². The summed E-state index contributed by atoms with van der Waals surface area (Å²) in [7, 11) is 0. The van der Waals surface area contributed by atoms with E-state index in [0.717, 1.165) is 34.4 Å². The molecule has 2 rings (SSSR count). The smallest absolute Gasteiger partial charge is 0.0666 e. The van der Waals surface area contributed by atoms with Crippen molar-refractivity contribution in [2.75, 3.05) is 18.1 Å². The summed E-state index contributed by atoms with van der Waals surface area (Å²) in [5.41, 5.74) is 7.52. The summed E-state index contributed by atoms with van der Waals surface area (Å²) in [6.07, 6.45) is 2.84. The van der Waals surface area contributed by atoms with Gasteiger partial charge in [0.1, 0.15) is 0 Å². The fraction of sp³-hybridized carbons (Fsp3) is 0.500. The zero-order chi connectivity index (χ0) is 11.4. The number of ether oxygens (including phenoxy) is 1. The molecular formula is C12H16ClNOS. The molecule has 0 amide bonds. The van der Waals surface area contributed by atoms with Crippen molar-refractivity contribution >= 4 is 29.1 Å².